The molecule has 0 heterocycles. The quantitative estimate of drug-likeness (QED) is 0.871. The van der Waals surface area contributed by atoms with E-state index in [-0.39, 0.29) is 18.0 Å². The Morgan fingerprint density at radius 1 is 1.40 bits per heavy atom. The molecule has 3 nitrogen and oxygen atoms in total. The number of benzene rings is 1. The van der Waals surface area contributed by atoms with Crippen molar-refractivity contribution in [1.82, 2.24) is 5.32 Å². The molecule has 1 aliphatic carbocycles. The number of rotatable bonds is 5. The van der Waals surface area contributed by atoms with Gasteiger partial charge < -0.3 is 15.2 Å². The first kappa shape index (κ1) is 15.3. The normalized spacial score (nSPS) is 24.4. The van der Waals surface area contributed by atoms with Gasteiger partial charge in [0.25, 0.3) is 0 Å². The molecule has 0 bridgehead atoms. The molecule has 1 saturated carbocycles. The maximum Gasteiger partial charge on any atom is 0.124 e. The first-order chi connectivity index (χ1) is 9.61. The van der Waals surface area contributed by atoms with Gasteiger partial charge >= 0.3 is 0 Å². The molecule has 0 aliphatic heterocycles. The molecule has 0 amide bonds. The van der Waals surface area contributed by atoms with Crippen LogP contribution in [0.5, 0.6) is 5.75 Å². The van der Waals surface area contributed by atoms with Crippen molar-refractivity contribution in [3.8, 4) is 5.75 Å². The standard InChI is InChI=1S/C16H24FNO2/c1-3-18-11(2)13-10-12(17)8-9-15(13)20-16-7-5-4-6-14(16)19/h8-11,14,16,18-19H,3-7H2,1-2H3. The van der Waals surface area contributed by atoms with E-state index in [4.69, 9.17) is 4.74 Å². The van der Waals surface area contributed by atoms with Crippen LogP contribution in [0, 0.1) is 5.82 Å². The molecule has 1 aromatic carbocycles. The molecule has 112 valence electrons. The summed E-state index contributed by atoms with van der Waals surface area (Å²) in [6.45, 7) is 4.81. The van der Waals surface area contributed by atoms with E-state index < -0.39 is 6.10 Å². The van der Waals surface area contributed by atoms with Gasteiger partial charge in [-0.1, -0.05) is 13.3 Å². The Kier molecular flexibility index (Phi) is 5.38. The molecule has 20 heavy (non-hydrogen) atoms. The van der Waals surface area contributed by atoms with Crippen molar-refractivity contribution in [3.05, 3.63) is 29.6 Å². The first-order valence-electron chi connectivity index (χ1n) is 7.49. The SMILES string of the molecule is CCNC(C)c1cc(F)ccc1OC1CCCCC1O. The maximum absolute atomic E-state index is 13.5. The second kappa shape index (κ2) is 7.04. The van der Waals surface area contributed by atoms with Crippen molar-refractivity contribution in [1.29, 1.82) is 0 Å². The third-order valence-electron chi connectivity index (χ3n) is 3.89. The molecule has 2 rings (SSSR count). The lowest BCUT2D eigenvalue weighted by Gasteiger charge is -2.29. The summed E-state index contributed by atoms with van der Waals surface area (Å²) in [5.74, 6) is 0.409. The zero-order chi connectivity index (χ0) is 14.5. The number of nitrogens with one attached hydrogen (secondary N) is 1. The molecule has 1 aliphatic rings. The number of ether oxygens (including phenoxy) is 1. The van der Waals surface area contributed by atoms with Crippen molar-refractivity contribution in [2.24, 2.45) is 0 Å². The number of hydrogen-bond acceptors (Lipinski definition) is 3. The van der Waals surface area contributed by atoms with Gasteiger partial charge in [-0.2, -0.15) is 0 Å². The van der Waals surface area contributed by atoms with Gasteiger partial charge in [0.05, 0.1) is 6.10 Å². The fraction of sp³-hybridized carbons (Fsp3) is 0.625. The van der Waals surface area contributed by atoms with E-state index in [0.29, 0.717) is 5.75 Å². The van der Waals surface area contributed by atoms with Crippen molar-refractivity contribution in [2.45, 2.75) is 57.8 Å². The summed E-state index contributed by atoms with van der Waals surface area (Å²) in [5, 5.41) is 13.3. The van der Waals surface area contributed by atoms with Gasteiger partial charge in [-0.15, -0.1) is 0 Å². The Morgan fingerprint density at radius 3 is 2.85 bits per heavy atom. The molecule has 3 atom stereocenters. The molecule has 3 unspecified atom stereocenters. The molecule has 0 radical (unpaired) electrons. The monoisotopic (exact) mass is 281 g/mol. The predicted octanol–water partition coefficient (Wildman–Crippen LogP) is 3.18. The highest BCUT2D eigenvalue weighted by Crippen LogP contribution is 2.30. The third kappa shape index (κ3) is 3.70. The van der Waals surface area contributed by atoms with E-state index in [1.807, 2.05) is 13.8 Å². The van der Waals surface area contributed by atoms with E-state index in [1.165, 1.54) is 12.1 Å². The molecule has 0 spiro atoms. The smallest absolute Gasteiger partial charge is 0.124 e. The zero-order valence-electron chi connectivity index (χ0n) is 12.2. The minimum Gasteiger partial charge on any atom is -0.487 e. The summed E-state index contributed by atoms with van der Waals surface area (Å²) in [4.78, 5) is 0. The molecule has 2 N–H and O–H groups in total. The van der Waals surface area contributed by atoms with Gasteiger partial charge in [0.2, 0.25) is 0 Å². The van der Waals surface area contributed by atoms with E-state index in [2.05, 4.69) is 5.32 Å². The van der Waals surface area contributed by atoms with Crippen molar-refractivity contribution in [3.63, 3.8) is 0 Å². The number of aliphatic hydroxyl groups excluding tert-OH is 1. The minimum absolute atomic E-state index is 0.0198. The van der Waals surface area contributed by atoms with Crippen LogP contribution >= 0.6 is 0 Å². The summed E-state index contributed by atoms with van der Waals surface area (Å²) < 4.78 is 19.4. The second-order valence-corrected chi connectivity index (χ2v) is 5.47. The van der Waals surface area contributed by atoms with Gasteiger partial charge in [-0.25, -0.2) is 4.39 Å². The van der Waals surface area contributed by atoms with Gasteiger partial charge in [-0.05, 0) is 50.9 Å². The van der Waals surface area contributed by atoms with Crippen LogP contribution in [0.1, 0.15) is 51.1 Å². The number of aliphatic hydroxyl groups is 1. The van der Waals surface area contributed by atoms with Crippen LogP contribution in [-0.2, 0) is 0 Å². The van der Waals surface area contributed by atoms with Crippen molar-refractivity contribution < 1.29 is 14.2 Å². The van der Waals surface area contributed by atoms with Crippen LogP contribution in [0.2, 0.25) is 0 Å². The summed E-state index contributed by atoms with van der Waals surface area (Å²) in [7, 11) is 0. The fourth-order valence-corrected chi connectivity index (χ4v) is 2.76. The van der Waals surface area contributed by atoms with Gasteiger partial charge in [0, 0.05) is 11.6 Å². The average molecular weight is 281 g/mol. The van der Waals surface area contributed by atoms with Crippen LogP contribution < -0.4 is 10.1 Å². The second-order valence-electron chi connectivity index (χ2n) is 5.47. The Morgan fingerprint density at radius 2 is 2.15 bits per heavy atom. The van der Waals surface area contributed by atoms with Crippen LogP contribution in [0.25, 0.3) is 0 Å². The summed E-state index contributed by atoms with van der Waals surface area (Å²) in [5.41, 5.74) is 0.810. The molecular weight excluding hydrogens is 257 g/mol. The lowest BCUT2D eigenvalue weighted by atomic mass is 9.94. The average Bonchev–Trinajstić information content (AvgIpc) is 2.43. The number of hydrogen-bond donors (Lipinski definition) is 2. The zero-order valence-corrected chi connectivity index (χ0v) is 12.2. The Labute approximate surface area is 120 Å². The fourth-order valence-electron chi connectivity index (χ4n) is 2.76. The maximum atomic E-state index is 13.5. The molecule has 1 fully saturated rings. The molecule has 1 aromatic rings. The highest BCUT2D eigenvalue weighted by atomic mass is 19.1. The molecule has 0 saturated heterocycles. The highest BCUT2D eigenvalue weighted by Gasteiger charge is 2.26. The van der Waals surface area contributed by atoms with E-state index in [1.54, 1.807) is 6.07 Å². The highest BCUT2D eigenvalue weighted by molar-refractivity contribution is 5.36. The Hall–Kier alpha value is -1.13. The molecule has 0 aromatic heterocycles. The van der Waals surface area contributed by atoms with Crippen LogP contribution in [-0.4, -0.2) is 23.9 Å². The lowest BCUT2D eigenvalue weighted by Crippen LogP contribution is -2.35. The largest absolute Gasteiger partial charge is 0.487 e. The van der Waals surface area contributed by atoms with Crippen molar-refractivity contribution >= 4 is 0 Å². The van der Waals surface area contributed by atoms with Crippen LogP contribution in [0.4, 0.5) is 4.39 Å². The molecule has 4 heteroatoms. The van der Waals surface area contributed by atoms with Gasteiger partial charge in [0.1, 0.15) is 17.7 Å². The number of halogens is 1. The lowest BCUT2D eigenvalue weighted by molar-refractivity contribution is 0.00615. The topological polar surface area (TPSA) is 41.5 Å². The first-order valence-corrected chi connectivity index (χ1v) is 7.49. The molecular formula is C16H24FNO2. The predicted molar refractivity (Wildman–Crippen MR) is 77.4 cm³/mol. The Balaban J connectivity index is 2.17. The van der Waals surface area contributed by atoms with Crippen LogP contribution in [0.3, 0.4) is 0 Å². The van der Waals surface area contributed by atoms with E-state index >= 15 is 0 Å². The van der Waals surface area contributed by atoms with Crippen LogP contribution in [0.15, 0.2) is 18.2 Å². The van der Waals surface area contributed by atoms with E-state index in [9.17, 15) is 9.50 Å². The van der Waals surface area contributed by atoms with Gasteiger partial charge in [-0.3, -0.25) is 0 Å². The third-order valence-corrected chi connectivity index (χ3v) is 3.89. The van der Waals surface area contributed by atoms with E-state index in [0.717, 1.165) is 37.8 Å². The summed E-state index contributed by atoms with van der Waals surface area (Å²) in [6, 6.07) is 4.61. The van der Waals surface area contributed by atoms with Crippen molar-refractivity contribution in [2.75, 3.05) is 6.54 Å². The van der Waals surface area contributed by atoms with Gasteiger partial charge in [0.15, 0.2) is 0 Å². The Bertz CT molecular complexity index is 438. The summed E-state index contributed by atoms with van der Waals surface area (Å²) >= 11 is 0. The minimum atomic E-state index is -0.420. The summed E-state index contributed by atoms with van der Waals surface area (Å²) in [6.07, 6.45) is 3.15.